The van der Waals surface area contributed by atoms with Gasteiger partial charge in [-0.15, -0.1) is 11.8 Å². The van der Waals surface area contributed by atoms with Gasteiger partial charge >= 0.3 is 0 Å². The Morgan fingerprint density at radius 3 is 2.50 bits per heavy atom. The van der Waals surface area contributed by atoms with Crippen LogP contribution in [-0.4, -0.2) is 61.9 Å². The van der Waals surface area contributed by atoms with Crippen molar-refractivity contribution in [1.82, 2.24) is 13.9 Å². The normalized spacial score (nSPS) is 21.6. The lowest BCUT2D eigenvalue weighted by Crippen LogP contribution is -2.52. The maximum atomic E-state index is 13.1. The lowest BCUT2D eigenvalue weighted by Gasteiger charge is -2.37. The van der Waals surface area contributed by atoms with Crippen molar-refractivity contribution in [2.24, 2.45) is 5.92 Å². The number of nitrogens with one attached hydrogen (secondary N) is 1. The second kappa shape index (κ2) is 11.0. The number of carbonyl (C=O) groups is 1. The number of carbonyl (C=O) groups excluding carboxylic acids is 1. The zero-order valence-corrected chi connectivity index (χ0v) is 19.8. The standard InChI is InChI=1S/C22H35N3O3S2/c1-24(20-8-4-3-5-9-20)30(27,28)25-16-6-7-19(17-25)22(26)23-15-14-18-10-12-21(29-2)13-11-18/h10-13,19-20H,3-9,14-17H2,1-2H3,(H,23,26)/t19-/m1/s1. The van der Waals surface area contributed by atoms with Crippen molar-refractivity contribution in [3.05, 3.63) is 29.8 Å². The van der Waals surface area contributed by atoms with Gasteiger partial charge in [-0.3, -0.25) is 4.79 Å². The van der Waals surface area contributed by atoms with E-state index in [1.54, 1.807) is 23.1 Å². The van der Waals surface area contributed by atoms with Gasteiger partial charge in [0.25, 0.3) is 10.2 Å². The molecule has 6 nitrogen and oxygen atoms in total. The molecule has 0 spiro atoms. The summed E-state index contributed by atoms with van der Waals surface area (Å²) in [6, 6.07) is 8.46. The Bertz CT molecular complexity index is 792. The predicted octanol–water partition coefficient (Wildman–Crippen LogP) is 3.29. The van der Waals surface area contributed by atoms with Gasteiger partial charge in [0.2, 0.25) is 5.91 Å². The number of piperidine rings is 1. The number of amides is 1. The van der Waals surface area contributed by atoms with Crippen LogP contribution < -0.4 is 5.32 Å². The zero-order valence-electron chi connectivity index (χ0n) is 18.2. The number of benzene rings is 1. The second-order valence-corrected chi connectivity index (χ2v) is 11.3. The van der Waals surface area contributed by atoms with Crippen molar-refractivity contribution < 1.29 is 13.2 Å². The fourth-order valence-electron chi connectivity index (χ4n) is 4.45. The summed E-state index contributed by atoms with van der Waals surface area (Å²) in [6.07, 6.45) is 9.55. The van der Waals surface area contributed by atoms with E-state index in [0.717, 1.165) is 44.9 Å². The predicted molar refractivity (Wildman–Crippen MR) is 123 cm³/mol. The Morgan fingerprint density at radius 2 is 1.83 bits per heavy atom. The zero-order chi connectivity index (χ0) is 21.6. The van der Waals surface area contributed by atoms with Crippen LogP contribution in [0.15, 0.2) is 29.2 Å². The Morgan fingerprint density at radius 1 is 1.13 bits per heavy atom. The maximum Gasteiger partial charge on any atom is 0.281 e. The number of rotatable bonds is 8. The van der Waals surface area contributed by atoms with Crippen molar-refractivity contribution in [3.63, 3.8) is 0 Å². The third kappa shape index (κ3) is 5.99. The van der Waals surface area contributed by atoms with Gasteiger partial charge in [0.15, 0.2) is 0 Å². The highest BCUT2D eigenvalue weighted by Gasteiger charge is 2.37. The average Bonchev–Trinajstić information content (AvgIpc) is 2.79. The summed E-state index contributed by atoms with van der Waals surface area (Å²) in [5.74, 6) is -0.303. The van der Waals surface area contributed by atoms with Crippen molar-refractivity contribution >= 4 is 27.9 Å². The molecule has 1 amide bonds. The molecule has 1 saturated carbocycles. The van der Waals surface area contributed by atoms with E-state index in [4.69, 9.17) is 0 Å². The van der Waals surface area contributed by atoms with E-state index < -0.39 is 10.2 Å². The van der Waals surface area contributed by atoms with Crippen LogP contribution in [-0.2, 0) is 21.4 Å². The second-order valence-electron chi connectivity index (χ2n) is 8.40. The molecular weight excluding hydrogens is 418 g/mol. The molecule has 1 aliphatic carbocycles. The number of nitrogens with zero attached hydrogens (tertiary/aromatic N) is 2. The fourth-order valence-corrected chi connectivity index (χ4v) is 6.54. The van der Waals surface area contributed by atoms with Gasteiger partial charge in [-0.05, 0) is 56.1 Å². The molecule has 1 N–H and O–H groups in total. The first-order valence-electron chi connectivity index (χ1n) is 11.1. The van der Waals surface area contributed by atoms with Gasteiger partial charge in [0.1, 0.15) is 0 Å². The largest absolute Gasteiger partial charge is 0.355 e. The number of thioether (sulfide) groups is 1. The molecule has 1 aromatic carbocycles. The van der Waals surface area contributed by atoms with Gasteiger partial charge in [-0.25, -0.2) is 0 Å². The highest BCUT2D eigenvalue weighted by atomic mass is 32.2. The van der Waals surface area contributed by atoms with Crippen LogP contribution in [0.3, 0.4) is 0 Å². The van der Waals surface area contributed by atoms with E-state index in [0.29, 0.717) is 13.1 Å². The lowest BCUT2D eigenvalue weighted by molar-refractivity contribution is -0.126. The first-order chi connectivity index (χ1) is 14.4. The third-order valence-electron chi connectivity index (χ3n) is 6.41. The van der Waals surface area contributed by atoms with E-state index in [9.17, 15) is 13.2 Å². The molecule has 2 fully saturated rings. The van der Waals surface area contributed by atoms with Crippen molar-refractivity contribution in [1.29, 1.82) is 0 Å². The van der Waals surface area contributed by atoms with Crippen molar-refractivity contribution in [3.8, 4) is 0 Å². The summed E-state index contributed by atoms with van der Waals surface area (Å²) in [5.41, 5.74) is 1.19. The van der Waals surface area contributed by atoms with Crippen LogP contribution in [0.5, 0.6) is 0 Å². The molecule has 1 atom stereocenters. The molecule has 1 saturated heterocycles. The maximum absolute atomic E-state index is 13.1. The monoisotopic (exact) mass is 453 g/mol. The molecule has 3 rings (SSSR count). The van der Waals surface area contributed by atoms with Gasteiger partial charge in [0, 0.05) is 37.6 Å². The Balaban J connectivity index is 1.50. The first kappa shape index (κ1) is 23.6. The topological polar surface area (TPSA) is 69.7 Å². The summed E-state index contributed by atoms with van der Waals surface area (Å²) in [7, 11) is -1.81. The Labute approximate surface area is 186 Å². The van der Waals surface area contributed by atoms with E-state index in [2.05, 4.69) is 35.8 Å². The molecule has 168 valence electrons. The van der Waals surface area contributed by atoms with E-state index in [-0.39, 0.29) is 24.4 Å². The molecule has 0 unspecified atom stereocenters. The summed E-state index contributed by atoms with van der Waals surface area (Å²) in [6.45, 7) is 1.36. The van der Waals surface area contributed by atoms with Crippen LogP contribution in [0.4, 0.5) is 0 Å². The first-order valence-corrected chi connectivity index (χ1v) is 13.7. The van der Waals surface area contributed by atoms with E-state index >= 15 is 0 Å². The summed E-state index contributed by atoms with van der Waals surface area (Å²) < 4.78 is 29.3. The third-order valence-corrected chi connectivity index (χ3v) is 9.16. The van der Waals surface area contributed by atoms with Crippen LogP contribution in [0, 0.1) is 5.92 Å². The van der Waals surface area contributed by atoms with Crippen molar-refractivity contribution in [2.75, 3.05) is 32.9 Å². The molecule has 0 radical (unpaired) electrons. The average molecular weight is 454 g/mol. The molecule has 1 heterocycles. The minimum Gasteiger partial charge on any atom is -0.355 e. The van der Waals surface area contributed by atoms with Gasteiger partial charge < -0.3 is 5.32 Å². The SMILES string of the molecule is CSc1ccc(CCNC(=O)[C@@H]2CCCN(S(=O)(=O)N(C)C3CCCCC3)C2)cc1. The number of hydrogen-bond acceptors (Lipinski definition) is 4. The molecule has 0 aromatic heterocycles. The molecule has 8 heteroatoms. The van der Waals surface area contributed by atoms with Gasteiger partial charge in [-0.2, -0.15) is 17.0 Å². The Hall–Kier alpha value is -1.09. The fraction of sp³-hybridized carbons (Fsp3) is 0.682. The van der Waals surface area contributed by atoms with Crippen LogP contribution >= 0.6 is 11.8 Å². The summed E-state index contributed by atoms with van der Waals surface area (Å²) in [5, 5.41) is 3.01. The highest BCUT2D eigenvalue weighted by molar-refractivity contribution is 7.98. The van der Waals surface area contributed by atoms with Crippen molar-refractivity contribution in [2.45, 2.75) is 62.3 Å². The van der Waals surface area contributed by atoms with E-state index in [1.165, 1.54) is 21.2 Å². The van der Waals surface area contributed by atoms with Crippen LogP contribution in [0.25, 0.3) is 0 Å². The highest BCUT2D eigenvalue weighted by Crippen LogP contribution is 2.27. The summed E-state index contributed by atoms with van der Waals surface area (Å²) >= 11 is 1.71. The van der Waals surface area contributed by atoms with Crippen LogP contribution in [0.1, 0.15) is 50.5 Å². The molecule has 30 heavy (non-hydrogen) atoms. The minimum atomic E-state index is -3.51. The quantitative estimate of drug-likeness (QED) is 0.613. The minimum absolute atomic E-state index is 0.0315. The number of hydrogen-bond donors (Lipinski definition) is 1. The molecular formula is C22H35N3O3S2. The lowest BCUT2D eigenvalue weighted by atomic mass is 9.96. The summed E-state index contributed by atoms with van der Waals surface area (Å²) in [4.78, 5) is 13.9. The molecule has 1 aromatic rings. The molecule has 0 bridgehead atoms. The van der Waals surface area contributed by atoms with E-state index in [1.807, 2.05) is 0 Å². The van der Waals surface area contributed by atoms with Gasteiger partial charge in [-0.1, -0.05) is 31.4 Å². The molecule has 1 aliphatic heterocycles. The van der Waals surface area contributed by atoms with Gasteiger partial charge in [0.05, 0.1) is 5.92 Å². The Kier molecular flexibility index (Phi) is 8.62. The molecule has 2 aliphatic rings. The smallest absolute Gasteiger partial charge is 0.281 e. The van der Waals surface area contributed by atoms with Crippen LogP contribution in [0.2, 0.25) is 0 Å².